The minimum atomic E-state index is -0.313. The molecule has 2 amide bonds. The molecule has 0 saturated carbocycles. The molecule has 1 aliphatic heterocycles. The lowest BCUT2D eigenvalue weighted by molar-refractivity contribution is -0.131. The first kappa shape index (κ1) is 23.1. The predicted molar refractivity (Wildman–Crippen MR) is 134 cm³/mol. The maximum absolute atomic E-state index is 13.1. The van der Waals surface area contributed by atoms with Gasteiger partial charge < -0.3 is 14.2 Å². The molecule has 8 heteroatoms. The number of hydrogen-bond acceptors (Lipinski definition) is 4. The Morgan fingerprint density at radius 3 is 2.31 bits per heavy atom. The van der Waals surface area contributed by atoms with Gasteiger partial charge >= 0.3 is 0 Å². The molecule has 0 radical (unpaired) electrons. The van der Waals surface area contributed by atoms with E-state index in [9.17, 15) is 14.0 Å². The van der Waals surface area contributed by atoms with Crippen molar-refractivity contribution in [3.05, 3.63) is 102 Å². The summed E-state index contributed by atoms with van der Waals surface area (Å²) < 4.78 is 15.1. The van der Waals surface area contributed by atoms with Gasteiger partial charge in [0.05, 0.1) is 12.1 Å². The fourth-order valence-electron chi connectivity index (χ4n) is 4.14. The third kappa shape index (κ3) is 5.54. The number of thioether (sulfide) groups is 1. The molecule has 2 aromatic carbocycles. The number of imidazole rings is 1. The Balaban J connectivity index is 1.11. The molecule has 1 aliphatic rings. The number of nitrogens with zero attached hydrogens (tertiary/aromatic N) is 4. The van der Waals surface area contributed by atoms with E-state index in [1.54, 1.807) is 33.7 Å². The number of rotatable bonds is 6. The number of carbonyl (C=O) groups excluding carboxylic acids is 2. The van der Waals surface area contributed by atoms with E-state index in [1.165, 1.54) is 12.1 Å². The maximum Gasteiger partial charge on any atom is 0.253 e. The first-order valence-corrected chi connectivity index (χ1v) is 12.5. The molecule has 35 heavy (non-hydrogen) atoms. The number of fused-ring (bicyclic) bond motifs is 1. The van der Waals surface area contributed by atoms with Gasteiger partial charge in [0.2, 0.25) is 5.91 Å². The number of pyridine rings is 1. The molecule has 0 unspecified atom stereocenters. The summed E-state index contributed by atoms with van der Waals surface area (Å²) in [6, 6.07) is 19.6. The Labute approximate surface area is 207 Å². The first-order valence-electron chi connectivity index (χ1n) is 11.5. The second-order valence-corrected chi connectivity index (χ2v) is 9.54. The molecule has 0 spiro atoms. The number of aromatic nitrogens is 2. The van der Waals surface area contributed by atoms with E-state index in [4.69, 9.17) is 0 Å². The summed E-state index contributed by atoms with van der Waals surface area (Å²) in [5.74, 6) is 0.415. The normalized spacial score (nSPS) is 13.9. The third-order valence-electron chi connectivity index (χ3n) is 6.09. The van der Waals surface area contributed by atoms with E-state index in [0.717, 1.165) is 27.6 Å². The van der Waals surface area contributed by atoms with Gasteiger partial charge in [0.25, 0.3) is 5.91 Å². The lowest BCUT2D eigenvalue weighted by atomic mass is 10.1. The summed E-state index contributed by atoms with van der Waals surface area (Å²) in [4.78, 5) is 34.8. The number of carbonyl (C=O) groups is 2. The lowest BCUT2D eigenvalue weighted by Crippen LogP contribution is -2.51. The minimum Gasteiger partial charge on any atom is -0.339 e. The first-order chi connectivity index (χ1) is 17.0. The molecule has 2 aromatic heterocycles. The van der Waals surface area contributed by atoms with Crippen LogP contribution in [0.15, 0.2) is 84.0 Å². The maximum atomic E-state index is 13.1. The molecule has 3 heterocycles. The van der Waals surface area contributed by atoms with Crippen molar-refractivity contribution < 1.29 is 14.0 Å². The van der Waals surface area contributed by atoms with Crippen LogP contribution < -0.4 is 0 Å². The van der Waals surface area contributed by atoms with Crippen LogP contribution in [0.2, 0.25) is 0 Å². The highest BCUT2D eigenvalue weighted by atomic mass is 32.2. The van der Waals surface area contributed by atoms with Crippen LogP contribution in [0.3, 0.4) is 0 Å². The standard InChI is InChI=1S/C27H25FN4O2S/c28-22-8-4-20(5-9-22)17-26(33)30-13-15-31(16-14-30)27(34)21-6-10-24(11-7-21)35-19-23-18-32-12-2-1-3-25(32)29-23/h1-12,18H,13-17,19H2. The molecule has 1 saturated heterocycles. The second-order valence-electron chi connectivity index (χ2n) is 8.49. The van der Waals surface area contributed by atoms with Crippen molar-refractivity contribution in [3.8, 4) is 0 Å². The van der Waals surface area contributed by atoms with Crippen LogP contribution in [0.4, 0.5) is 4.39 Å². The van der Waals surface area contributed by atoms with Crippen LogP contribution in [0.5, 0.6) is 0 Å². The van der Waals surface area contributed by atoms with Gasteiger partial charge in [-0.15, -0.1) is 11.8 Å². The van der Waals surface area contributed by atoms with Crippen molar-refractivity contribution >= 4 is 29.2 Å². The Morgan fingerprint density at radius 1 is 0.886 bits per heavy atom. The van der Waals surface area contributed by atoms with E-state index >= 15 is 0 Å². The zero-order valence-corrected chi connectivity index (χ0v) is 20.0. The van der Waals surface area contributed by atoms with Crippen LogP contribution in [-0.2, 0) is 17.0 Å². The van der Waals surface area contributed by atoms with Gasteiger partial charge in [0.1, 0.15) is 11.5 Å². The number of amides is 2. The van der Waals surface area contributed by atoms with Crippen molar-refractivity contribution in [2.75, 3.05) is 26.2 Å². The monoisotopic (exact) mass is 488 g/mol. The summed E-state index contributed by atoms with van der Waals surface area (Å²) in [5, 5.41) is 0. The third-order valence-corrected chi connectivity index (χ3v) is 7.14. The van der Waals surface area contributed by atoms with Gasteiger partial charge in [-0.1, -0.05) is 18.2 Å². The number of halogens is 1. The Hall–Kier alpha value is -3.65. The number of hydrogen-bond donors (Lipinski definition) is 0. The quantitative estimate of drug-likeness (QED) is 0.380. The van der Waals surface area contributed by atoms with Crippen molar-refractivity contribution in [2.24, 2.45) is 0 Å². The number of piperazine rings is 1. The van der Waals surface area contributed by atoms with Crippen molar-refractivity contribution in [2.45, 2.75) is 17.1 Å². The highest BCUT2D eigenvalue weighted by Crippen LogP contribution is 2.23. The van der Waals surface area contributed by atoms with Crippen molar-refractivity contribution in [1.82, 2.24) is 19.2 Å². The Bertz CT molecular complexity index is 1300. The summed E-state index contributed by atoms with van der Waals surface area (Å²) in [5.41, 5.74) is 3.37. The SMILES string of the molecule is O=C(Cc1ccc(F)cc1)N1CCN(C(=O)c2ccc(SCc3cn4ccccc4n3)cc2)CC1. The lowest BCUT2D eigenvalue weighted by Gasteiger charge is -2.35. The average molecular weight is 489 g/mol. The van der Waals surface area contributed by atoms with Crippen LogP contribution in [-0.4, -0.2) is 57.2 Å². The summed E-state index contributed by atoms with van der Waals surface area (Å²) in [6.45, 7) is 1.99. The molecular weight excluding hydrogens is 463 g/mol. The molecular formula is C27H25FN4O2S. The van der Waals surface area contributed by atoms with E-state index in [0.29, 0.717) is 31.7 Å². The van der Waals surface area contributed by atoms with E-state index in [-0.39, 0.29) is 24.1 Å². The van der Waals surface area contributed by atoms with E-state index in [1.807, 2.05) is 59.3 Å². The summed E-state index contributed by atoms with van der Waals surface area (Å²) >= 11 is 1.68. The Morgan fingerprint density at radius 2 is 1.60 bits per heavy atom. The van der Waals surface area contributed by atoms with Gasteiger partial charge in [-0.3, -0.25) is 9.59 Å². The zero-order chi connectivity index (χ0) is 24.2. The van der Waals surface area contributed by atoms with Gasteiger partial charge in [0, 0.05) is 54.8 Å². The summed E-state index contributed by atoms with van der Waals surface area (Å²) in [7, 11) is 0. The molecule has 5 rings (SSSR count). The van der Waals surface area contributed by atoms with Crippen LogP contribution in [0.25, 0.3) is 5.65 Å². The topological polar surface area (TPSA) is 57.9 Å². The van der Waals surface area contributed by atoms with E-state index < -0.39 is 0 Å². The Kier molecular flexibility index (Phi) is 6.81. The van der Waals surface area contributed by atoms with E-state index in [2.05, 4.69) is 4.98 Å². The van der Waals surface area contributed by atoms with Crippen LogP contribution in [0, 0.1) is 5.82 Å². The van der Waals surface area contributed by atoms with Crippen molar-refractivity contribution in [3.63, 3.8) is 0 Å². The molecule has 1 fully saturated rings. The summed E-state index contributed by atoms with van der Waals surface area (Å²) in [6.07, 6.45) is 4.25. The fraction of sp³-hybridized carbons (Fsp3) is 0.222. The molecule has 178 valence electrons. The fourth-order valence-corrected chi connectivity index (χ4v) is 4.92. The van der Waals surface area contributed by atoms with Crippen molar-refractivity contribution in [1.29, 1.82) is 0 Å². The van der Waals surface area contributed by atoms with Gasteiger partial charge in [-0.05, 0) is 54.1 Å². The highest BCUT2D eigenvalue weighted by molar-refractivity contribution is 7.98. The second kappa shape index (κ2) is 10.3. The molecule has 6 nitrogen and oxygen atoms in total. The van der Waals surface area contributed by atoms with Gasteiger partial charge in [-0.2, -0.15) is 0 Å². The van der Waals surface area contributed by atoms with Gasteiger partial charge in [0.15, 0.2) is 0 Å². The van der Waals surface area contributed by atoms with Gasteiger partial charge in [-0.25, -0.2) is 9.37 Å². The largest absolute Gasteiger partial charge is 0.339 e. The molecule has 0 atom stereocenters. The number of benzene rings is 2. The smallest absolute Gasteiger partial charge is 0.253 e. The predicted octanol–water partition coefficient (Wildman–Crippen LogP) is 4.29. The average Bonchev–Trinajstić information content (AvgIpc) is 3.32. The molecule has 0 aliphatic carbocycles. The molecule has 4 aromatic rings. The highest BCUT2D eigenvalue weighted by Gasteiger charge is 2.25. The van der Waals surface area contributed by atoms with Crippen LogP contribution in [0.1, 0.15) is 21.6 Å². The molecule has 0 bridgehead atoms. The molecule has 0 N–H and O–H groups in total. The zero-order valence-electron chi connectivity index (χ0n) is 19.1. The minimum absolute atomic E-state index is 0.00399. The van der Waals surface area contributed by atoms with Crippen LogP contribution >= 0.6 is 11.8 Å².